The van der Waals surface area contributed by atoms with Crippen molar-refractivity contribution in [3.63, 3.8) is 0 Å². The van der Waals surface area contributed by atoms with Crippen LogP contribution in [0, 0.1) is 0 Å². The van der Waals surface area contributed by atoms with Gasteiger partial charge in [-0.05, 0) is 51.9 Å². The van der Waals surface area contributed by atoms with Crippen LogP contribution in [0.5, 0.6) is 0 Å². The van der Waals surface area contributed by atoms with Gasteiger partial charge in [-0.25, -0.2) is 4.79 Å². The molecule has 0 fully saturated rings. The summed E-state index contributed by atoms with van der Waals surface area (Å²) < 4.78 is 0. The third kappa shape index (κ3) is 9.40. The van der Waals surface area contributed by atoms with Crippen molar-refractivity contribution in [3.8, 4) is 0 Å². The van der Waals surface area contributed by atoms with Crippen LogP contribution in [-0.4, -0.2) is 61.2 Å². The molecule has 0 aliphatic rings. The van der Waals surface area contributed by atoms with Crippen molar-refractivity contribution in [2.45, 2.75) is 25.7 Å². The molecule has 0 aliphatic heterocycles. The number of hydrogen-bond donors (Lipinski definition) is 4. The first-order chi connectivity index (χ1) is 9.13. The molecule has 1 amide bonds. The van der Waals surface area contributed by atoms with Crippen molar-refractivity contribution in [3.05, 3.63) is 0 Å². The number of aliphatic carboxylic acids is 1. The van der Waals surface area contributed by atoms with Gasteiger partial charge in [-0.2, -0.15) is 0 Å². The van der Waals surface area contributed by atoms with Gasteiger partial charge in [-0.1, -0.05) is 0 Å². The van der Waals surface area contributed by atoms with Gasteiger partial charge in [0.05, 0.1) is 0 Å². The van der Waals surface area contributed by atoms with Crippen LogP contribution >= 0.6 is 0 Å². The van der Waals surface area contributed by atoms with Crippen LogP contribution in [0.1, 0.15) is 25.7 Å². The number of hydrogen-bond acceptors (Lipinski definition) is 5. The molecule has 0 heterocycles. The Hall–Kier alpha value is -1.18. The van der Waals surface area contributed by atoms with Gasteiger partial charge in [0.25, 0.3) is 0 Å². The molecule has 0 aromatic rings. The number of unbranched alkanes of at least 4 members (excludes halogenated alkanes) is 1. The number of rotatable bonds is 11. The Balaban J connectivity index is 3.80. The minimum absolute atomic E-state index is 0.405. The monoisotopic (exact) mass is 274 g/mol. The van der Waals surface area contributed by atoms with Gasteiger partial charge in [-0.15, -0.1) is 0 Å². The van der Waals surface area contributed by atoms with Crippen LogP contribution in [0.2, 0.25) is 0 Å². The SMILES string of the molecule is NCCCNCCCCN(CCCN)C(=O)C(=O)O. The van der Waals surface area contributed by atoms with E-state index in [9.17, 15) is 9.59 Å². The van der Waals surface area contributed by atoms with E-state index in [2.05, 4.69) is 5.32 Å². The lowest BCUT2D eigenvalue weighted by Crippen LogP contribution is -2.38. The predicted octanol–water partition coefficient (Wildman–Crippen LogP) is -1.03. The van der Waals surface area contributed by atoms with Crippen LogP contribution < -0.4 is 16.8 Å². The summed E-state index contributed by atoms with van der Waals surface area (Å²) in [6, 6.07) is 0. The second kappa shape index (κ2) is 11.9. The van der Waals surface area contributed by atoms with E-state index in [-0.39, 0.29) is 0 Å². The van der Waals surface area contributed by atoms with E-state index in [0.29, 0.717) is 32.6 Å². The third-order valence-corrected chi connectivity index (χ3v) is 2.69. The second-order valence-electron chi connectivity index (χ2n) is 4.34. The first-order valence-corrected chi connectivity index (χ1v) is 6.76. The Morgan fingerprint density at radius 1 is 0.947 bits per heavy atom. The summed E-state index contributed by atoms with van der Waals surface area (Å²) in [6.07, 6.45) is 3.24. The summed E-state index contributed by atoms with van der Waals surface area (Å²) >= 11 is 0. The summed E-state index contributed by atoms with van der Waals surface area (Å²) in [4.78, 5) is 23.4. The fourth-order valence-electron chi connectivity index (χ4n) is 1.64. The fourth-order valence-corrected chi connectivity index (χ4v) is 1.64. The van der Waals surface area contributed by atoms with E-state index >= 15 is 0 Å². The largest absolute Gasteiger partial charge is 0.474 e. The summed E-state index contributed by atoms with van der Waals surface area (Å²) in [6.45, 7) is 3.73. The highest BCUT2D eigenvalue weighted by Gasteiger charge is 2.19. The molecular weight excluding hydrogens is 248 g/mol. The zero-order valence-corrected chi connectivity index (χ0v) is 11.4. The quantitative estimate of drug-likeness (QED) is 0.282. The molecule has 0 saturated heterocycles. The molecule has 0 bridgehead atoms. The van der Waals surface area contributed by atoms with Gasteiger partial charge in [0.2, 0.25) is 0 Å². The maximum Gasteiger partial charge on any atom is 0.394 e. The van der Waals surface area contributed by atoms with Crippen LogP contribution in [-0.2, 0) is 9.59 Å². The normalized spacial score (nSPS) is 10.4. The van der Waals surface area contributed by atoms with Gasteiger partial charge < -0.3 is 26.8 Å². The lowest BCUT2D eigenvalue weighted by atomic mass is 10.2. The minimum atomic E-state index is -1.40. The molecule has 0 spiro atoms. The number of nitrogens with one attached hydrogen (secondary N) is 1. The maximum atomic E-state index is 11.4. The average Bonchev–Trinajstić information content (AvgIpc) is 2.40. The molecule has 0 aliphatic carbocycles. The molecule has 0 rings (SSSR count). The smallest absolute Gasteiger partial charge is 0.394 e. The standard InChI is InChI=1S/C12H26N4O3/c13-5-3-8-15-7-1-2-9-16(10-4-6-14)11(17)12(18)19/h15H,1-10,13-14H2,(H,18,19). The van der Waals surface area contributed by atoms with Gasteiger partial charge in [-0.3, -0.25) is 4.79 Å². The Labute approximate surface area is 114 Å². The number of carbonyl (C=O) groups is 2. The minimum Gasteiger partial charge on any atom is -0.474 e. The number of nitrogens with two attached hydrogens (primary N) is 2. The van der Waals surface area contributed by atoms with Crippen molar-refractivity contribution < 1.29 is 14.7 Å². The van der Waals surface area contributed by atoms with Crippen LogP contribution in [0.15, 0.2) is 0 Å². The van der Waals surface area contributed by atoms with Gasteiger partial charge in [0, 0.05) is 13.1 Å². The molecule has 7 nitrogen and oxygen atoms in total. The van der Waals surface area contributed by atoms with Crippen molar-refractivity contribution in [2.24, 2.45) is 11.5 Å². The van der Waals surface area contributed by atoms with Crippen molar-refractivity contribution in [2.75, 3.05) is 39.3 Å². The zero-order valence-electron chi connectivity index (χ0n) is 11.4. The highest BCUT2D eigenvalue weighted by atomic mass is 16.4. The molecular formula is C12H26N4O3. The third-order valence-electron chi connectivity index (χ3n) is 2.69. The molecule has 0 radical (unpaired) electrons. The van der Waals surface area contributed by atoms with Crippen LogP contribution in [0.4, 0.5) is 0 Å². The molecule has 0 aromatic carbocycles. The van der Waals surface area contributed by atoms with Crippen LogP contribution in [0.3, 0.4) is 0 Å². The number of amides is 1. The van der Waals surface area contributed by atoms with E-state index in [1.165, 1.54) is 4.90 Å². The summed E-state index contributed by atoms with van der Waals surface area (Å²) in [5, 5.41) is 11.9. The summed E-state index contributed by atoms with van der Waals surface area (Å²) in [5.41, 5.74) is 10.7. The van der Waals surface area contributed by atoms with E-state index in [1.807, 2.05) is 0 Å². The Morgan fingerprint density at radius 3 is 2.11 bits per heavy atom. The molecule has 7 heteroatoms. The van der Waals surface area contributed by atoms with Crippen LogP contribution in [0.25, 0.3) is 0 Å². The fraction of sp³-hybridized carbons (Fsp3) is 0.833. The lowest BCUT2D eigenvalue weighted by Gasteiger charge is -2.20. The molecule has 19 heavy (non-hydrogen) atoms. The summed E-state index contributed by atoms with van der Waals surface area (Å²) in [5.74, 6) is -2.25. The van der Waals surface area contributed by atoms with Crippen molar-refractivity contribution in [1.29, 1.82) is 0 Å². The number of carboxylic acid groups (broad SMARTS) is 1. The van der Waals surface area contributed by atoms with E-state index in [4.69, 9.17) is 16.6 Å². The maximum absolute atomic E-state index is 11.4. The summed E-state index contributed by atoms with van der Waals surface area (Å²) in [7, 11) is 0. The van der Waals surface area contributed by atoms with Crippen molar-refractivity contribution in [1.82, 2.24) is 10.2 Å². The molecule has 0 atom stereocenters. The first-order valence-electron chi connectivity index (χ1n) is 6.76. The highest BCUT2D eigenvalue weighted by Crippen LogP contribution is 1.98. The van der Waals surface area contributed by atoms with E-state index < -0.39 is 11.9 Å². The van der Waals surface area contributed by atoms with E-state index in [0.717, 1.165) is 32.4 Å². The van der Waals surface area contributed by atoms with Crippen molar-refractivity contribution >= 4 is 11.9 Å². The molecule has 0 aromatic heterocycles. The number of carboxylic acids is 1. The number of carbonyl (C=O) groups excluding carboxylic acids is 1. The average molecular weight is 274 g/mol. The lowest BCUT2D eigenvalue weighted by molar-refractivity contribution is -0.156. The molecule has 112 valence electrons. The molecule has 0 saturated carbocycles. The van der Waals surface area contributed by atoms with Gasteiger partial charge in [0.15, 0.2) is 0 Å². The Bertz CT molecular complexity index is 261. The molecule has 6 N–H and O–H groups in total. The van der Waals surface area contributed by atoms with E-state index in [1.54, 1.807) is 0 Å². The zero-order chi connectivity index (χ0) is 14.5. The Morgan fingerprint density at radius 2 is 1.53 bits per heavy atom. The first kappa shape index (κ1) is 17.8. The highest BCUT2D eigenvalue weighted by molar-refractivity contribution is 6.31. The topological polar surface area (TPSA) is 122 Å². The van der Waals surface area contributed by atoms with Gasteiger partial charge in [0.1, 0.15) is 0 Å². The number of nitrogens with zero attached hydrogens (tertiary/aromatic N) is 1. The van der Waals surface area contributed by atoms with Gasteiger partial charge >= 0.3 is 11.9 Å². The molecule has 0 unspecified atom stereocenters. The second-order valence-corrected chi connectivity index (χ2v) is 4.34. The predicted molar refractivity (Wildman–Crippen MR) is 73.7 cm³/mol. The Kier molecular flexibility index (Phi) is 11.1.